The molecule has 4 N–H and O–H groups in total. The van der Waals surface area contributed by atoms with Crippen molar-refractivity contribution < 1.29 is 9.90 Å². The molecule has 2 atom stereocenters. The topological polar surface area (TPSA) is 85.8 Å². The molecule has 4 aromatic rings. The van der Waals surface area contributed by atoms with Crippen LogP contribution >= 0.6 is 63.7 Å². The van der Waals surface area contributed by atoms with Crippen LogP contribution < -0.4 is 26.5 Å². The first-order valence-corrected chi connectivity index (χ1v) is 18.9. The van der Waals surface area contributed by atoms with Crippen LogP contribution in [0.2, 0.25) is 0 Å². The van der Waals surface area contributed by atoms with Gasteiger partial charge < -0.3 is 21.1 Å². The van der Waals surface area contributed by atoms with Crippen molar-refractivity contribution in [3.8, 4) is 0 Å². The number of anilines is 3. The molecule has 2 saturated carbocycles. The van der Waals surface area contributed by atoms with Crippen LogP contribution in [0.1, 0.15) is 56.9 Å². The van der Waals surface area contributed by atoms with Crippen molar-refractivity contribution in [1.82, 2.24) is 0 Å². The maximum absolute atomic E-state index is 14.3. The van der Waals surface area contributed by atoms with E-state index in [0.29, 0.717) is 11.1 Å². The lowest BCUT2D eigenvalue weighted by molar-refractivity contribution is -0.109. The normalized spacial score (nSPS) is 28.4. The van der Waals surface area contributed by atoms with E-state index < -0.39 is 11.3 Å². The molecule has 0 bridgehead atoms. The Morgan fingerprint density at radius 2 is 1.41 bits per heavy atom. The van der Waals surface area contributed by atoms with E-state index >= 15 is 0 Å². The molecule has 10 heteroatoms. The summed E-state index contributed by atoms with van der Waals surface area (Å²) in [5, 5.41) is 29.1. The fourth-order valence-electron chi connectivity index (χ4n) is 8.46. The van der Waals surface area contributed by atoms with Gasteiger partial charge in [-0.15, -0.1) is 0 Å². The Balaban J connectivity index is 1.23. The fourth-order valence-corrected chi connectivity index (χ4v) is 11.5. The summed E-state index contributed by atoms with van der Waals surface area (Å²) in [7, 11) is 0. The number of nitrogens with one attached hydrogen (secondary N) is 3. The molecular weight excluding hydrogens is 840 g/mol. The second-order valence-corrected chi connectivity index (χ2v) is 21.8. The van der Waals surface area contributed by atoms with Gasteiger partial charge in [-0.25, -0.2) is 0 Å². The molecule has 234 valence electrons. The Bertz CT molecular complexity index is 2210. The third kappa shape index (κ3) is 4.49. The largest absolute Gasteiger partial charge is 0.506 e. The molecule has 46 heavy (non-hydrogen) atoms. The Morgan fingerprint density at radius 3 is 2.17 bits per heavy atom. The molecule has 2 fully saturated rings. The van der Waals surface area contributed by atoms with E-state index in [1.807, 2.05) is 30.3 Å². The van der Waals surface area contributed by atoms with Gasteiger partial charge in [-0.1, -0.05) is 112 Å². The van der Waals surface area contributed by atoms with Gasteiger partial charge in [0.25, 0.3) is 0 Å². The van der Waals surface area contributed by atoms with Crippen LogP contribution in [0.4, 0.5) is 17.1 Å². The van der Waals surface area contributed by atoms with E-state index in [-0.39, 0.29) is 18.0 Å². The Morgan fingerprint density at radius 1 is 0.696 bits per heavy atom. The number of benzene rings is 4. The van der Waals surface area contributed by atoms with Crippen molar-refractivity contribution >= 4 is 119 Å². The number of allylic oxidation sites excluding steroid dienone is 2. The third-order valence-electron chi connectivity index (χ3n) is 10.4. The number of hydrogen-bond acceptors (Lipinski definition) is 6. The van der Waals surface area contributed by atoms with E-state index in [4.69, 9.17) is 4.99 Å². The summed E-state index contributed by atoms with van der Waals surface area (Å²) in [6.45, 7) is 0. The first-order valence-electron chi connectivity index (χ1n) is 15.8. The summed E-state index contributed by atoms with van der Waals surface area (Å²) in [6.07, 6.45) is 7.38. The van der Waals surface area contributed by atoms with Gasteiger partial charge >= 0.3 is 0 Å². The average Bonchev–Trinajstić information content (AvgIpc) is 2.98. The lowest BCUT2D eigenvalue weighted by Crippen LogP contribution is -2.53. The molecule has 5 aliphatic rings. The highest BCUT2D eigenvalue weighted by Gasteiger charge is 2.47. The molecule has 2 heterocycles. The van der Waals surface area contributed by atoms with E-state index in [0.717, 1.165) is 106 Å². The second kappa shape index (κ2) is 10.1. The van der Waals surface area contributed by atoms with Crippen LogP contribution in [0.3, 0.4) is 0 Å². The number of aliphatic hydroxyl groups is 1. The lowest BCUT2D eigenvalue weighted by atomic mass is 9.78. The number of alkyl halides is 4. The standard InChI is InChI=1S/C36H30Br4N4O2/c37-33(38)13-3-15-35(17-33)41-23-7-1-5-19-9-11-21(29(43-35)25(19)23)27-31(45)28(32(27)46)22-12-10-20-6-2-8-24-26(20)30(22)44-36(42-24)16-4-14-34(39,40)18-36/h1-2,5-12,41,43-45H,3-4,13-18H2/b28-22+. The quantitative estimate of drug-likeness (QED) is 0.144. The molecule has 2 aliphatic heterocycles. The van der Waals surface area contributed by atoms with E-state index in [1.54, 1.807) is 0 Å². The number of rotatable bonds is 1. The van der Waals surface area contributed by atoms with Gasteiger partial charge in [0.05, 0.1) is 34.3 Å². The molecule has 0 amide bonds. The van der Waals surface area contributed by atoms with Crippen molar-refractivity contribution in [2.24, 2.45) is 4.99 Å². The van der Waals surface area contributed by atoms with Crippen LogP contribution in [0.5, 0.6) is 0 Å². The van der Waals surface area contributed by atoms with E-state index in [2.05, 4.69) is 110 Å². The average molecular weight is 870 g/mol. The predicted molar refractivity (Wildman–Crippen MR) is 201 cm³/mol. The SMILES string of the molecule is O=C1C(c2ccc3cccc4c3c2NC2(CCCC(Br)(Br)C2)N4)=C(O)/C1=c1/ccc2cccc3c2c1NC1(CCCC(Br)(Br)C1)N=3. The van der Waals surface area contributed by atoms with E-state index in [1.165, 1.54) is 0 Å². The van der Waals surface area contributed by atoms with Gasteiger partial charge in [-0.2, -0.15) is 0 Å². The minimum Gasteiger partial charge on any atom is -0.506 e. The first-order chi connectivity index (χ1) is 22.0. The summed E-state index contributed by atoms with van der Waals surface area (Å²) in [5.41, 5.74) is 3.32. The number of halogens is 4. The molecule has 2 spiro atoms. The van der Waals surface area contributed by atoms with Crippen molar-refractivity contribution in [2.45, 2.75) is 69.2 Å². The summed E-state index contributed by atoms with van der Waals surface area (Å²) >= 11 is 15.5. The molecule has 3 aliphatic carbocycles. The molecule has 0 radical (unpaired) electrons. The van der Waals surface area contributed by atoms with E-state index in [9.17, 15) is 9.90 Å². The number of carbonyl (C=O) groups is 1. The van der Waals surface area contributed by atoms with Crippen molar-refractivity contribution in [3.05, 3.63) is 82.6 Å². The highest BCUT2D eigenvalue weighted by Crippen LogP contribution is 2.53. The van der Waals surface area contributed by atoms with Crippen LogP contribution in [0, 0.1) is 0 Å². The molecule has 0 saturated heterocycles. The zero-order valence-electron chi connectivity index (χ0n) is 24.7. The zero-order valence-corrected chi connectivity index (χ0v) is 31.1. The summed E-state index contributed by atoms with van der Waals surface area (Å²) in [6, 6.07) is 20.4. The van der Waals surface area contributed by atoms with Gasteiger partial charge in [0.2, 0.25) is 5.78 Å². The minimum absolute atomic E-state index is 0.0388. The lowest BCUT2D eigenvalue weighted by Gasteiger charge is -2.48. The highest BCUT2D eigenvalue weighted by atomic mass is 79.9. The van der Waals surface area contributed by atoms with Gasteiger partial charge in [0, 0.05) is 40.1 Å². The monoisotopic (exact) mass is 866 g/mol. The van der Waals surface area contributed by atoms with Crippen molar-refractivity contribution in [2.75, 3.05) is 16.0 Å². The Hall–Kier alpha value is -2.40. The summed E-state index contributed by atoms with van der Waals surface area (Å²) in [5.74, 6) is -0.110. The molecule has 0 aromatic heterocycles. The molecule has 2 unspecified atom stereocenters. The van der Waals surface area contributed by atoms with Crippen LogP contribution in [0.15, 0.2) is 71.4 Å². The third-order valence-corrected chi connectivity index (χ3v) is 13.1. The van der Waals surface area contributed by atoms with Crippen LogP contribution in [0.25, 0.3) is 32.7 Å². The Labute approximate surface area is 299 Å². The molecule has 4 aromatic carbocycles. The number of aliphatic hydroxyl groups excluding tert-OH is 1. The number of nitrogens with zero attached hydrogens (tertiary/aromatic N) is 1. The summed E-state index contributed by atoms with van der Waals surface area (Å²) < 4.78 is -0.414. The first kappa shape index (κ1) is 29.7. The van der Waals surface area contributed by atoms with Gasteiger partial charge in [0.1, 0.15) is 17.1 Å². The van der Waals surface area contributed by atoms with Gasteiger partial charge in [0.15, 0.2) is 0 Å². The van der Waals surface area contributed by atoms with Crippen molar-refractivity contribution in [3.63, 3.8) is 0 Å². The Kier molecular flexibility index (Phi) is 6.50. The molecule has 6 nitrogen and oxygen atoms in total. The second-order valence-electron chi connectivity index (χ2n) is 13.6. The fraction of sp³-hybridized carbons (Fsp3) is 0.333. The summed E-state index contributed by atoms with van der Waals surface area (Å²) in [4.78, 5) is 19.6. The predicted octanol–water partition coefficient (Wildman–Crippen LogP) is 9.09. The van der Waals surface area contributed by atoms with Gasteiger partial charge in [-0.05, 0) is 61.4 Å². The minimum atomic E-state index is -0.525. The molecular formula is C36H30Br4N4O2. The van der Waals surface area contributed by atoms with Crippen molar-refractivity contribution in [1.29, 1.82) is 0 Å². The van der Waals surface area contributed by atoms with Gasteiger partial charge in [-0.3, -0.25) is 9.79 Å². The van der Waals surface area contributed by atoms with Crippen LogP contribution in [-0.4, -0.2) is 28.7 Å². The number of hydrogen-bond donors (Lipinski definition) is 4. The number of Topliss-reactive ketones (excluding diaryl/α,β-unsaturated/α-hetero) is 1. The van der Waals surface area contributed by atoms with Crippen LogP contribution in [-0.2, 0) is 4.79 Å². The maximum atomic E-state index is 14.3. The maximum Gasteiger partial charge on any atom is 0.201 e. The molecule has 9 rings (SSSR count). The zero-order chi connectivity index (χ0) is 31.6. The smallest absolute Gasteiger partial charge is 0.201 e. The number of carbonyl (C=O) groups excluding carboxylic acids is 1. The number of ketones is 1. The highest BCUT2D eigenvalue weighted by molar-refractivity contribution is 9.25.